The van der Waals surface area contributed by atoms with Gasteiger partial charge in [0.05, 0.1) is 0 Å². The van der Waals surface area contributed by atoms with Crippen molar-refractivity contribution in [3.8, 4) is 0 Å². The van der Waals surface area contributed by atoms with Crippen molar-refractivity contribution in [3.05, 3.63) is 69.7 Å². The molecule has 0 aromatic heterocycles. The Kier molecular flexibility index (Phi) is 4.34. The van der Waals surface area contributed by atoms with Crippen molar-refractivity contribution < 1.29 is 0 Å². The quantitative estimate of drug-likeness (QED) is 0.547. The average Bonchev–Trinajstić information content (AvgIpc) is 2.49. The van der Waals surface area contributed by atoms with Crippen LogP contribution >= 0.6 is 34.2 Å². The van der Waals surface area contributed by atoms with E-state index in [0.717, 1.165) is 22.3 Å². The maximum absolute atomic E-state index is 6.24. The summed E-state index contributed by atoms with van der Waals surface area (Å²) < 4.78 is 0.943. The third kappa shape index (κ3) is 2.61. The summed E-state index contributed by atoms with van der Waals surface area (Å²) in [6.45, 7) is 0. The van der Waals surface area contributed by atoms with Crippen molar-refractivity contribution in [3.63, 3.8) is 0 Å². The summed E-state index contributed by atoms with van der Waals surface area (Å²) in [6, 6.07) is 15.2. The molecule has 0 fully saturated rings. The van der Waals surface area contributed by atoms with Crippen LogP contribution in [0, 0.1) is 0 Å². The number of hydrogen-bond acceptors (Lipinski definition) is 1. The second kappa shape index (κ2) is 6.04. The molecule has 3 rings (SSSR count). The zero-order chi connectivity index (χ0) is 14.1. The van der Waals surface area contributed by atoms with Crippen molar-refractivity contribution in [1.29, 1.82) is 0 Å². The molecule has 1 aliphatic carbocycles. The highest BCUT2D eigenvalue weighted by Crippen LogP contribution is 2.40. The molecular weight excluding hydrogens is 381 g/mol. The lowest BCUT2D eigenvalue weighted by atomic mass is 9.77. The summed E-state index contributed by atoms with van der Waals surface area (Å²) in [7, 11) is 0. The Morgan fingerprint density at radius 2 is 1.85 bits per heavy atom. The third-order valence-corrected chi connectivity index (χ3v) is 5.34. The van der Waals surface area contributed by atoms with Crippen LogP contribution in [0.2, 0.25) is 5.02 Å². The molecule has 0 aliphatic heterocycles. The van der Waals surface area contributed by atoms with Crippen LogP contribution in [-0.2, 0) is 4.43 Å². The van der Waals surface area contributed by atoms with Gasteiger partial charge in [-0.3, -0.25) is 0 Å². The Morgan fingerprint density at radius 3 is 2.60 bits per heavy atom. The van der Waals surface area contributed by atoms with E-state index in [9.17, 15) is 0 Å². The molecule has 0 saturated carbocycles. The third-order valence-electron chi connectivity index (χ3n) is 4.15. The number of benzene rings is 2. The van der Waals surface area contributed by atoms with Crippen molar-refractivity contribution in [2.45, 2.75) is 29.2 Å². The zero-order valence-corrected chi connectivity index (χ0v) is 14.1. The van der Waals surface area contributed by atoms with Crippen LogP contribution in [0.25, 0.3) is 0 Å². The predicted octanol–water partition coefficient (Wildman–Crippen LogP) is 5.20. The first kappa shape index (κ1) is 14.4. The Balaban J connectivity index is 2.05. The summed E-state index contributed by atoms with van der Waals surface area (Å²) in [5, 5.41) is 0.865. The lowest BCUT2D eigenvalue weighted by Crippen LogP contribution is -2.21. The molecule has 0 bridgehead atoms. The van der Waals surface area contributed by atoms with Crippen LogP contribution in [0.1, 0.15) is 47.1 Å². The van der Waals surface area contributed by atoms with Gasteiger partial charge in [0.15, 0.2) is 0 Å². The van der Waals surface area contributed by atoms with Crippen LogP contribution in [0.4, 0.5) is 0 Å². The first-order chi connectivity index (χ1) is 9.70. The van der Waals surface area contributed by atoms with E-state index in [1.165, 1.54) is 22.3 Å². The second-order valence-corrected chi connectivity index (χ2v) is 6.52. The smallest absolute Gasteiger partial charge is 0.0445 e. The number of alkyl halides is 1. The van der Waals surface area contributed by atoms with Gasteiger partial charge in [0.1, 0.15) is 0 Å². The fourth-order valence-electron chi connectivity index (χ4n) is 3.08. The van der Waals surface area contributed by atoms with Gasteiger partial charge in [-0.15, -0.1) is 0 Å². The van der Waals surface area contributed by atoms with Crippen molar-refractivity contribution in [1.82, 2.24) is 0 Å². The maximum Gasteiger partial charge on any atom is 0.0445 e. The lowest BCUT2D eigenvalue weighted by Gasteiger charge is -2.30. The van der Waals surface area contributed by atoms with Gasteiger partial charge in [-0.2, -0.15) is 0 Å². The number of nitrogens with two attached hydrogens (primary N) is 1. The van der Waals surface area contributed by atoms with Crippen LogP contribution < -0.4 is 5.73 Å². The van der Waals surface area contributed by atoms with E-state index in [0.29, 0.717) is 5.92 Å². The summed E-state index contributed by atoms with van der Waals surface area (Å²) in [4.78, 5) is 0. The number of hydrogen-bond donors (Lipinski definition) is 1. The first-order valence-electron chi connectivity index (χ1n) is 6.89. The summed E-state index contributed by atoms with van der Waals surface area (Å²) in [6.07, 6.45) is 2.16. The first-order valence-corrected chi connectivity index (χ1v) is 8.79. The second-order valence-electron chi connectivity index (χ2n) is 5.35. The van der Waals surface area contributed by atoms with Crippen LogP contribution in [0.5, 0.6) is 0 Å². The normalized spacial score (nSPS) is 21.6. The van der Waals surface area contributed by atoms with E-state index in [2.05, 4.69) is 59.0 Å². The molecule has 2 atom stereocenters. The standard InChI is InChI=1S/C17H17ClIN/c18-16-7-5-11(9-12(16)10-19)13-6-8-17(20)15-4-2-1-3-14(13)15/h1-5,7,9,13,17H,6,8,10,20H2. The van der Waals surface area contributed by atoms with E-state index >= 15 is 0 Å². The molecule has 3 heteroatoms. The van der Waals surface area contributed by atoms with Crippen molar-refractivity contribution in [2.24, 2.45) is 5.73 Å². The van der Waals surface area contributed by atoms with Gasteiger partial charge in [-0.25, -0.2) is 0 Å². The minimum Gasteiger partial charge on any atom is -0.324 e. The van der Waals surface area contributed by atoms with Crippen LogP contribution in [0.3, 0.4) is 0 Å². The minimum absolute atomic E-state index is 0.179. The van der Waals surface area contributed by atoms with E-state index in [-0.39, 0.29) is 6.04 Å². The van der Waals surface area contributed by atoms with Gasteiger partial charge in [-0.05, 0) is 41.2 Å². The topological polar surface area (TPSA) is 26.0 Å². The number of fused-ring (bicyclic) bond motifs is 1. The monoisotopic (exact) mass is 397 g/mol. The van der Waals surface area contributed by atoms with E-state index < -0.39 is 0 Å². The van der Waals surface area contributed by atoms with Crippen molar-refractivity contribution >= 4 is 34.2 Å². The van der Waals surface area contributed by atoms with E-state index in [1.54, 1.807) is 0 Å². The number of rotatable bonds is 2. The van der Waals surface area contributed by atoms with Crippen LogP contribution in [-0.4, -0.2) is 0 Å². The average molecular weight is 398 g/mol. The lowest BCUT2D eigenvalue weighted by molar-refractivity contribution is 0.530. The Morgan fingerprint density at radius 1 is 1.10 bits per heavy atom. The summed E-state index contributed by atoms with van der Waals surface area (Å²) in [5.41, 5.74) is 11.5. The Labute approximate surface area is 138 Å². The van der Waals surface area contributed by atoms with Gasteiger partial charge in [0.2, 0.25) is 0 Å². The fourth-order valence-corrected chi connectivity index (χ4v) is 4.12. The summed E-state index contributed by atoms with van der Waals surface area (Å²) in [5.74, 6) is 0.449. The highest BCUT2D eigenvalue weighted by atomic mass is 127. The molecule has 2 aromatic rings. The molecule has 0 radical (unpaired) electrons. The highest BCUT2D eigenvalue weighted by Gasteiger charge is 2.26. The van der Waals surface area contributed by atoms with E-state index in [4.69, 9.17) is 17.3 Å². The molecule has 104 valence electrons. The van der Waals surface area contributed by atoms with Gasteiger partial charge in [-0.1, -0.05) is 70.6 Å². The molecule has 2 N–H and O–H groups in total. The SMILES string of the molecule is NC1CCC(c2ccc(Cl)c(CI)c2)c2ccccc21. The predicted molar refractivity (Wildman–Crippen MR) is 93.6 cm³/mol. The summed E-state index contributed by atoms with van der Waals surface area (Å²) >= 11 is 8.60. The van der Waals surface area contributed by atoms with Gasteiger partial charge in [0, 0.05) is 21.4 Å². The molecule has 20 heavy (non-hydrogen) atoms. The highest BCUT2D eigenvalue weighted by molar-refractivity contribution is 14.1. The maximum atomic E-state index is 6.24. The zero-order valence-electron chi connectivity index (χ0n) is 11.2. The molecule has 2 aromatic carbocycles. The van der Waals surface area contributed by atoms with Gasteiger partial charge < -0.3 is 5.73 Å². The molecule has 1 aliphatic rings. The van der Waals surface area contributed by atoms with Crippen molar-refractivity contribution in [2.75, 3.05) is 0 Å². The number of halogens is 2. The van der Waals surface area contributed by atoms with Gasteiger partial charge >= 0.3 is 0 Å². The van der Waals surface area contributed by atoms with E-state index in [1.807, 2.05) is 6.07 Å². The molecule has 2 unspecified atom stereocenters. The molecule has 0 spiro atoms. The molecule has 0 heterocycles. The molecule has 0 amide bonds. The Hall–Kier alpha value is -0.580. The minimum atomic E-state index is 0.179. The largest absolute Gasteiger partial charge is 0.324 e. The molecular formula is C17H17ClIN. The fraction of sp³-hybridized carbons (Fsp3) is 0.294. The molecule has 1 nitrogen and oxygen atoms in total. The molecule has 0 saturated heterocycles. The Bertz CT molecular complexity index is 626. The van der Waals surface area contributed by atoms with Gasteiger partial charge in [0.25, 0.3) is 0 Å². The van der Waals surface area contributed by atoms with Crippen LogP contribution in [0.15, 0.2) is 42.5 Å².